The largest absolute Gasteiger partial charge is 0.494 e. The fourth-order valence-electron chi connectivity index (χ4n) is 4.07. The van der Waals surface area contributed by atoms with Gasteiger partial charge in [-0.15, -0.1) is 0 Å². The van der Waals surface area contributed by atoms with E-state index in [4.69, 9.17) is 4.74 Å². The van der Waals surface area contributed by atoms with Crippen molar-refractivity contribution >= 4 is 44.2 Å². The molecule has 32 heavy (non-hydrogen) atoms. The number of benzene rings is 2. The molecule has 2 N–H and O–H groups in total. The zero-order valence-corrected chi connectivity index (χ0v) is 19.8. The first-order chi connectivity index (χ1) is 15.6. The molecule has 6 heteroatoms. The van der Waals surface area contributed by atoms with Gasteiger partial charge in [0, 0.05) is 16.5 Å². The summed E-state index contributed by atoms with van der Waals surface area (Å²) < 4.78 is 6.16. The summed E-state index contributed by atoms with van der Waals surface area (Å²) in [6.45, 7) is 2.94. The molecular weight excluding hydrogens is 468 g/mol. The molecule has 3 aromatic rings. The first-order valence-corrected chi connectivity index (χ1v) is 12.0. The van der Waals surface area contributed by atoms with E-state index in [0.717, 1.165) is 39.9 Å². The summed E-state index contributed by atoms with van der Waals surface area (Å²) in [5.41, 5.74) is 3.69. The van der Waals surface area contributed by atoms with E-state index in [1.165, 1.54) is 32.1 Å². The number of aromatic amines is 1. The van der Waals surface area contributed by atoms with E-state index in [1.54, 1.807) is 0 Å². The molecule has 2 aromatic carbocycles. The minimum absolute atomic E-state index is 0.257. The van der Waals surface area contributed by atoms with Crippen LogP contribution in [0.1, 0.15) is 51.0 Å². The minimum Gasteiger partial charge on any atom is -0.494 e. The van der Waals surface area contributed by atoms with Crippen LogP contribution in [0.4, 0.5) is 0 Å². The average Bonchev–Trinajstić information content (AvgIpc) is 3.29. The lowest BCUT2D eigenvalue weighted by Gasteiger charge is -2.09. The highest BCUT2D eigenvalue weighted by Gasteiger charge is 2.33. The van der Waals surface area contributed by atoms with Crippen molar-refractivity contribution in [2.24, 2.45) is 0 Å². The quantitative estimate of drug-likeness (QED) is 0.255. The number of amides is 2. The Kier molecular flexibility index (Phi) is 7.10. The molecule has 4 rings (SSSR count). The standard InChI is InChI=1S/C26H27BrN2O3/c1-2-3-4-5-6-9-16-32-18-14-12-17(13-15-18)24-21(19-10-7-8-11-20(19)28-24)22-23(27)26(31)29-25(22)30/h7-8,10-15,28H,2-6,9,16H2,1H3,(H,29,30,31). The van der Waals surface area contributed by atoms with Gasteiger partial charge in [0.05, 0.1) is 22.4 Å². The van der Waals surface area contributed by atoms with Crippen LogP contribution in [-0.2, 0) is 9.59 Å². The maximum absolute atomic E-state index is 12.6. The van der Waals surface area contributed by atoms with Crippen molar-refractivity contribution < 1.29 is 14.3 Å². The lowest BCUT2D eigenvalue weighted by molar-refractivity contribution is -0.123. The van der Waals surface area contributed by atoms with Crippen LogP contribution in [0.15, 0.2) is 53.0 Å². The Labute approximate surface area is 196 Å². The SMILES string of the molecule is CCCCCCCCOc1ccc(-c2[nH]c3ccccc3c2C2=C(Br)C(=O)NC2=O)cc1. The van der Waals surface area contributed by atoms with E-state index in [-0.39, 0.29) is 4.48 Å². The van der Waals surface area contributed by atoms with Crippen molar-refractivity contribution in [3.8, 4) is 17.0 Å². The van der Waals surface area contributed by atoms with Gasteiger partial charge in [-0.1, -0.05) is 57.2 Å². The number of halogens is 1. The number of nitrogens with one attached hydrogen (secondary N) is 2. The van der Waals surface area contributed by atoms with Crippen molar-refractivity contribution in [3.05, 3.63) is 58.6 Å². The first-order valence-electron chi connectivity index (χ1n) is 11.2. The first kappa shape index (κ1) is 22.3. The van der Waals surface area contributed by atoms with E-state index in [2.05, 4.69) is 33.2 Å². The van der Waals surface area contributed by atoms with E-state index >= 15 is 0 Å². The molecule has 0 unspecified atom stereocenters. The number of rotatable bonds is 10. The maximum atomic E-state index is 12.6. The molecule has 0 saturated carbocycles. The second-order valence-electron chi connectivity index (χ2n) is 8.03. The molecule has 0 spiro atoms. The Balaban J connectivity index is 1.55. The Morgan fingerprint density at radius 1 is 0.875 bits per heavy atom. The number of hydrogen-bond acceptors (Lipinski definition) is 3. The van der Waals surface area contributed by atoms with Gasteiger partial charge in [-0.25, -0.2) is 0 Å². The molecule has 0 aliphatic carbocycles. The highest BCUT2D eigenvalue weighted by Crippen LogP contribution is 2.39. The molecule has 166 valence electrons. The van der Waals surface area contributed by atoms with Gasteiger partial charge in [0.2, 0.25) is 0 Å². The average molecular weight is 495 g/mol. The van der Waals surface area contributed by atoms with Gasteiger partial charge < -0.3 is 9.72 Å². The predicted molar refractivity (Wildman–Crippen MR) is 132 cm³/mol. The molecule has 1 aromatic heterocycles. The summed E-state index contributed by atoms with van der Waals surface area (Å²) >= 11 is 3.30. The number of hydrogen-bond donors (Lipinski definition) is 2. The normalized spacial score (nSPS) is 13.8. The number of carbonyl (C=O) groups is 2. The fraction of sp³-hybridized carbons (Fsp3) is 0.308. The molecule has 0 fully saturated rings. The topological polar surface area (TPSA) is 71.2 Å². The van der Waals surface area contributed by atoms with Crippen molar-refractivity contribution in [2.75, 3.05) is 6.61 Å². The number of carbonyl (C=O) groups excluding carboxylic acids is 2. The molecule has 0 saturated heterocycles. The van der Waals surface area contributed by atoms with Crippen LogP contribution < -0.4 is 10.1 Å². The Hall–Kier alpha value is -2.86. The van der Waals surface area contributed by atoms with Gasteiger partial charge in [0.15, 0.2) is 0 Å². The number of fused-ring (bicyclic) bond motifs is 1. The lowest BCUT2D eigenvalue weighted by atomic mass is 9.98. The number of ether oxygens (including phenoxy) is 1. The Bertz CT molecular complexity index is 1160. The third kappa shape index (κ3) is 4.65. The van der Waals surface area contributed by atoms with Gasteiger partial charge >= 0.3 is 0 Å². The zero-order valence-electron chi connectivity index (χ0n) is 18.2. The lowest BCUT2D eigenvalue weighted by Crippen LogP contribution is -2.22. The molecular formula is C26H27BrN2O3. The molecule has 2 amide bonds. The minimum atomic E-state index is -0.417. The molecule has 2 heterocycles. The maximum Gasteiger partial charge on any atom is 0.265 e. The smallest absolute Gasteiger partial charge is 0.265 e. The fourth-order valence-corrected chi connectivity index (χ4v) is 4.54. The highest BCUT2D eigenvalue weighted by molar-refractivity contribution is 9.12. The third-order valence-electron chi connectivity index (χ3n) is 5.74. The van der Waals surface area contributed by atoms with Crippen LogP contribution >= 0.6 is 15.9 Å². The molecule has 1 aliphatic heterocycles. The van der Waals surface area contributed by atoms with Gasteiger partial charge in [0.25, 0.3) is 11.8 Å². The summed E-state index contributed by atoms with van der Waals surface area (Å²) in [5.74, 6) is 0.0144. The van der Waals surface area contributed by atoms with Crippen LogP contribution in [0, 0.1) is 0 Å². The molecule has 0 radical (unpaired) electrons. The number of unbranched alkanes of at least 4 members (excludes halogenated alkanes) is 5. The van der Waals surface area contributed by atoms with E-state index in [0.29, 0.717) is 12.2 Å². The van der Waals surface area contributed by atoms with Crippen LogP contribution in [0.5, 0.6) is 5.75 Å². The van der Waals surface area contributed by atoms with Crippen molar-refractivity contribution in [2.45, 2.75) is 45.4 Å². The number of imide groups is 1. The monoisotopic (exact) mass is 494 g/mol. The molecule has 1 aliphatic rings. The number of H-pyrrole nitrogens is 1. The summed E-state index contributed by atoms with van der Waals surface area (Å²) in [6, 6.07) is 15.6. The molecule has 5 nitrogen and oxygen atoms in total. The number of para-hydroxylation sites is 1. The van der Waals surface area contributed by atoms with Gasteiger partial charge in [-0.05, 0) is 58.2 Å². The van der Waals surface area contributed by atoms with Gasteiger partial charge in [-0.2, -0.15) is 0 Å². The summed E-state index contributed by atoms with van der Waals surface area (Å²) in [4.78, 5) is 28.0. The number of aromatic nitrogens is 1. The van der Waals surface area contributed by atoms with Gasteiger partial charge in [-0.3, -0.25) is 14.9 Å². The zero-order chi connectivity index (χ0) is 22.5. The van der Waals surface area contributed by atoms with Crippen LogP contribution in [0.25, 0.3) is 27.7 Å². The van der Waals surface area contributed by atoms with Crippen molar-refractivity contribution in [3.63, 3.8) is 0 Å². The molecule has 0 atom stereocenters. The van der Waals surface area contributed by atoms with Crippen molar-refractivity contribution in [1.29, 1.82) is 0 Å². The van der Waals surface area contributed by atoms with Gasteiger partial charge in [0.1, 0.15) is 5.75 Å². The van der Waals surface area contributed by atoms with Crippen LogP contribution in [-0.4, -0.2) is 23.4 Å². The van der Waals surface area contributed by atoms with E-state index in [1.807, 2.05) is 48.5 Å². The third-order valence-corrected chi connectivity index (χ3v) is 6.50. The summed E-state index contributed by atoms with van der Waals surface area (Å²) in [6.07, 6.45) is 7.39. The Morgan fingerprint density at radius 2 is 1.59 bits per heavy atom. The van der Waals surface area contributed by atoms with E-state index < -0.39 is 11.8 Å². The van der Waals surface area contributed by atoms with Crippen LogP contribution in [0.2, 0.25) is 0 Å². The summed E-state index contributed by atoms with van der Waals surface area (Å²) in [7, 11) is 0. The second-order valence-corrected chi connectivity index (χ2v) is 8.83. The highest BCUT2D eigenvalue weighted by atomic mass is 79.9. The summed E-state index contributed by atoms with van der Waals surface area (Å²) in [5, 5.41) is 3.26. The molecule has 0 bridgehead atoms. The van der Waals surface area contributed by atoms with Crippen molar-refractivity contribution in [1.82, 2.24) is 10.3 Å². The Morgan fingerprint density at radius 3 is 2.31 bits per heavy atom. The predicted octanol–water partition coefficient (Wildman–Crippen LogP) is 6.34. The van der Waals surface area contributed by atoms with Crippen LogP contribution in [0.3, 0.4) is 0 Å². The van der Waals surface area contributed by atoms with E-state index in [9.17, 15) is 9.59 Å². The second kappa shape index (κ2) is 10.2.